The van der Waals surface area contributed by atoms with E-state index in [1.54, 1.807) is 30.0 Å². The van der Waals surface area contributed by atoms with Crippen LogP contribution in [0.2, 0.25) is 0 Å². The number of hydrogen-bond acceptors (Lipinski definition) is 6. The second-order valence-electron chi connectivity index (χ2n) is 8.00. The number of H-pyrrole nitrogens is 2. The third kappa shape index (κ3) is 3.00. The van der Waals surface area contributed by atoms with Crippen LogP contribution in [0.5, 0.6) is 17.2 Å². The molecule has 0 bridgehead atoms. The normalized spacial score (nSPS) is 11.7. The van der Waals surface area contributed by atoms with E-state index < -0.39 is 0 Å². The average molecular weight is 449 g/mol. The van der Waals surface area contributed by atoms with Gasteiger partial charge >= 0.3 is 0 Å². The maximum absolute atomic E-state index is 13.2. The van der Waals surface area contributed by atoms with E-state index in [4.69, 9.17) is 18.6 Å². The average Bonchev–Trinajstić information content (AvgIpc) is 3.33. The molecule has 0 atom stereocenters. The molecule has 0 saturated heterocycles. The van der Waals surface area contributed by atoms with E-state index in [-0.39, 0.29) is 17.0 Å². The molecular weight excluding hydrogens is 426 g/mol. The highest BCUT2D eigenvalue weighted by molar-refractivity contribution is 6.15. The fourth-order valence-electron chi connectivity index (χ4n) is 4.28. The van der Waals surface area contributed by atoms with Gasteiger partial charge in [0.05, 0.1) is 32.2 Å². The van der Waals surface area contributed by atoms with Crippen LogP contribution in [0.15, 0.2) is 44.3 Å². The number of furan rings is 1. The minimum Gasteiger partial charge on any atom is -0.496 e. The second-order valence-corrected chi connectivity index (χ2v) is 8.00. The molecule has 3 heterocycles. The zero-order valence-corrected chi connectivity index (χ0v) is 18.9. The smallest absolute Gasteiger partial charge is 0.274 e. The summed E-state index contributed by atoms with van der Waals surface area (Å²) in [4.78, 5) is 28.5. The molecule has 3 aromatic heterocycles. The zero-order valence-electron chi connectivity index (χ0n) is 18.9. The van der Waals surface area contributed by atoms with Crippen LogP contribution < -0.4 is 25.2 Å². The first-order valence-electron chi connectivity index (χ1n) is 10.4. The zero-order chi connectivity index (χ0) is 23.4. The van der Waals surface area contributed by atoms with Gasteiger partial charge in [-0.1, -0.05) is 0 Å². The van der Waals surface area contributed by atoms with Crippen molar-refractivity contribution in [1.82, 2.24) is 14.8 Å². The van der Waals surface area contributed by atoms with Crippen molar-refractivity contribution >= 4 is 33.1 Å². The van der Waals surface area contributed by atoms with Crippen molar-refractivity contribution < 1.29 is 18.6 Å². The first-order chi connectivity index (χ1) is 15.9. The van der Waals surface area contributed by atoms with Crippen molar-refractivity contribution in [3.05, 3.63) is 50.9 Å². The number of nitrogens with zero attached hydrogens (tertiary/aromatic N) is 1. The van der Waals surface area contributed by atoms with Gasteiger partial charge in [-0.2, -0.15) is 0 Å². The number of ether oxygens (including phenoxy) is 3. The van der Waals surface area contributed by atoms with Gasteiger partial charge in [0.1, 0.15) is 17.0 Å². The third-order valence-electron chi connectivity index (χ3n) is 5.80. The van der Waals surface area contributed by atoms with E-state index in [1.807, 2.05) is 13.8 Å². The molecule has 0 radical (unpaired) electrons. The number of nitrogens with one attached hydrogen (secondary N) is 2. The van der Waals surface area contributed by atoms with Crippen molar-refractivity contribution in [1.29, 1.82) is 0 Å². The topological polar surface area (TPSA) is 111 Å². The number of methoxy groups -OCH3 is 3. The molecule has 9 nitrogen and oxygen atoms in total. The maximum atomic E-state index is 13.2. The SMILES string of the molecule is COc1cc(OC)c(-c2c3oc4cc(=O)ccc4c3[nH]c3c2c(=O)[nH]n3C(C)C)cc1OC. The second kappa shape index (κ2) is 7.47. The van der Waals surface area contributed by atoms with Crippen LogP contribution >= 0.6 is 0 Å². The van der Waals surface area contributed by atoms with Crippen LogP contribution in [0.4, 0.5) is 0 Å². The maximum Gasteiger partial charge on any atom is 0.274 e. The summed E-state index contributed by atoms with van der Waals surface area (Å²) in [6, 6.07) is 8.07. The van der Waals surface area contributed by atoms with E-state index in [2.05, 4.69) is 10.1 Å². The molecule has 0 aliphatic heterocycles. The van der Waals surface area contributed by atoms with Gasteiger partial charge in [0.15, 0.2) is 22.5 Å². The Morgan fingerprint density at radius 1 is 0.939 bits per heavy atom. The van der Waals surface area contributed by atoms with Gasteiger partial charge in [0, 0.05) is 34.7 Å². The first kappa shape index (κ1) is 20.7. The van der Waals surface area contributed by atoms with Crippen molar-refractivity contribution in [2.45, 2.75) is 19.9 Å². The van der Waals surface area contributed by atoms with Crippen LogP contribution in [0, 0.1) is 0 Å². The molecule has 33 heavy (non-hydrogen) atoms. The van der Waals surface area contributed by atoms with E-state index in [1.165, 1.54) is 26.4 Å². The van der Waals surface area contributed by atoms with Gasteiger partial charge in [0.2, 0.25) is 0 Å². The largest absolute Gasteiger partial charge is 0.496 e. The van der Waals surface area contributed by atoms with E-state index >= 15 is 0 Å². The summed E-state index contributed by atoms with van der Waals surface area (Å²) >= 11 is 0. The van der Waals surface area contributed by atoms with Crippen LogP contribution in [0.1, 0.15) is 19.9 Å². The molecule has 0 amide bonds. The number of aromatic amines is 2. The van der Waals surface area contributed by atoms with Gasteiger partial charge in [-0.25, -0.2) is 0 Å². The van der Waals surface area contributed by atoms with Gasteiger partial charge in [-0.05, 0) is 32.0 Å². The standard InChI is InChI=1S/C24H23N3O6/c1-11(2)27-23-20(24(29)26-27)19(14-9-17(31-4)18(32-5)10-15(14)30-3)22-21(25-23)13-7-6-12(28)8-16(13)33-22/h6-11,25H,1-5H3,(H,26,29). The fraction of sp³-hybridized carbons (Fsp3) is 0.250. The predicted molar refractivity (Wildman–Crippen MR) is 126 cm³/mol. The highest BCUT2D eigenvalue weighted by atomic mass is 16.5. The summed E-state index contributed by atoms with van der Waals surface area (Å²) < 4.78 is 24.5. The Kier molecular flexibility index (Phi) is 4.70. The van der Waals surface area contributed by atoms with E-state index in [0.717, 1.165) is 5.39 Å². The highest BCUT2D eigenvalue weighted by Crippen LogP contribution is 2.45. The van der Waals surface area contributed by atoms with Crippen molar-refractivity contribution in [3.8, 4) is 28.4 Å². The molecule has 2 N–H and O–H groups in total. The van der Waals surface area contributed by atoms with Crippen molar-refractivity contribution in [2.75, 3.05) is 21.3 Å². The first-order valence-corrected chi connectivity index (χ1v) is 10.4. The Balaban J connectivity index is 2.04. The van der Waals surface area contributed by atoms with Crippen molar-refractivity contribution in [3.63, 3.8) is 0 Å². The number of pyridine rings is 1. The molecule has 0 saturated carbocycles. The van der Waals surface area contributed by atoms with Crippen LogP contribution in [-0.4, -0.2) is 36.1 Å². The van der Waals surface area contributed by atoms with Crippen LogP contribution in [0.3, 0.4) is 0 Å². The monoisotopic (exact) mass is 449 g/mol. The number of aromatic nitrogens is 3. The molecule has 9 heteroatoms. The predicted octanol–water partition coefficient (Wildman–Crippen LogP) is 4.19. The Morgan fingerprint density at radius 2 is 1.64 bits per heavy atom. The Bertz CT molecular complexity index is 1650. The Hall–Kier alpha value is -4.14. The van der Waals surface area contributed by atoms with E-state index in [0.29, 0.717) is 56.1 Å². The van der Waals surface area contributed by atoms with Gasteiger partial charge in [-0.15, -0.1) is 0 Å². The lowest BCUT2D eigenvalue weighted by Crippen LogP contribution is -2.07. The molecule has 0 fully saturated rings. The summed E-state index contributed by atoms with van der Waals surface area (Å²) in [7, 11) is 4.62. The molecule has 0 aliphatic rings. The molecule has 5 rings (SSSR count). The molecule has 170 valence electrons. The summed E-state index contributed by atoms with van der Waals surface area (Å²) in [6.07, 6.45) is 0. The van der Waals surface area contributed by atoms with Gasteiger partial charge in [0.25, 0.3) is 5.56 Å². The summed E-state index contributed by atoms with van der Waals surface area (Å²) in [5.74, 6) is 1.44. The molecule has 5 aromatic rings. The third-order valence-corrected chi connectivity index (χ3v) is 5.80. The van der Waals surface area contributed by atoms with Gasteiger partial charge in [-0.3, -0.25) is 19.4 Å². The lowest BCUT2D eigenvalue weighted by atomic mass is 10.00. The number of hydrogen-bond donors (Lipinski definition) is 2. The van der Waals surface area contributed by atoms with Crippen molar-refractivity contribution in [2.24, 2.45) is 0 Å². The molecule has 2 aromatic carbocycles. The lowest BCUT2D eigenvalue weighted by molar-refractivity contribution is 0.349. The Morgan fingerprint density at radius 3 is 2.30 bits per heavy atom. The summed E-state index contributed by atoms with van der Waals surface area (Å²) in [6.45, 7) is 3.95. The summed E-state index contributed by atoms with van der Waals surface area (Å²) in [5, 5.41) is 4.05. The quantitative estimate of drug-likeness (QED) is 0.416. The molecular formula is C24H23N3O6. The molecule has 0 aliphatic carbocycles. The number of fused-ring (bicyclic) bond motifs is 4. The minimum atomic E-state index is -0.284. The van der Waals surface area contributed by atoms with Crippen LogP contribution in [-0.2, 0) is 0 Å². The fourth-order valence-corrected chi connectivity index (χ4v) is 4.28. The lowest BCUT2D eigenvalue weighted by Gasteiger charge is -2.15. The van der Waals surface area contributed by atoms with Gasteiger partial charge < -0.3 is 23.6 Å². The summed E-state index contributed by atoms with van der Waals surface area (Å²) in [5.41, 5.74) is 2.79. The Labute approximate surface area is 187 Å². The van der Waals surface area contributed by atoms with Crippen LogP contribution in [0.25, 0.3) is 44.2 Å². The number of benzene rings is 2. The molecule has 0 unspecified atom stereocenters. The molecule has 0 spiro atoms. The minimum absolute atomic E-state index is 0.0181. The number of rotatable bonds is 5. The van der Waals surface area contributed by atoms with E-state index in [9.17, 15) is 9.59 Å². The highest BCUT2D eigenvalue weighted by Gasteiger charge is 2.26.